The number of hydrogen-bond acceptors (Lipinski definition) is 0. The van der Waals surface area contributed by atoms with Crippen molar-refractivity contribution in [2.75, 3.05) is 0 Å². The summed E-state index contributed by atoms with van der Waals surface area (Å²) < 4.78 is 0. The van der Waals surface area contributed by atoms with E-state index < -0.39 is 15.8 Å². The van der Waals surface area contributed by atoms with Crippen LogP contribution in [0.1, 0.15) is 39.0 Å². The zero-order valence-corrected chi connectivity index (χ0v) is 21.8. The first-order chi connectivity index (χ1) is 16.8. The molecular formula is C32H34P2. The number of rotatable bonds is 7. The van der Waals surface area contributed by atoms with Gasteiger partial charge in [-0.3, -0.25) is 0 Å². The van der Waals surface area contributed by atoms with Crippen LogP contribution in [0.5, 0.6) is 0 Å². The van der Waals surface area contributed by atoms with Crippen molar-refractivity contribution in [3.05, 3.63) is 121 Å². The van der Waals surface area contributed by atoms with Crippen molar-refractivity contribution in [3.8, 4) is 0 Å². The Labute approximate surface area is 208 Å². The van der Waals surface area contributed by atoms with Crippen LogP contribution >= 0.6 is 15.8 Å². The molecule has 0 radical (unpaired) electrons. The Morgan fingerprint density at radius 1 is 0.588 bits per heavy atom. The van der Waals surface area contributed by atoms with Crippen LogP contribution in [-0.2, 0) is 0 Å². The zero-order valence-electron chi connectivity index (χ0n) is 20.1. The molecule has 0 bridgehead atoms. The SMILES string of the molecule is CC[C@]1(P(c2ccccc2)c2ccccc2)CCCC[C@@H]1P(c1ccccc1)c1ccccc1. The maximum absolute atomic E-state index is 2.48. The molecule has 2 heteroatoms. The molecular weight excluding hydrogens is 446 g/mol. The molecule has 1 aliphatic rings. The highest BCUT2D eigenvalue weighted by atomic mass is 31.1. The van der Waals surface area contributed by atoms with Crippen LogP contribution in [0.3, 0.4) is 0 Å². The van der Waals surface area contributed by atoms with Crippen LogP contribution in [0, 0.1) is 0 Å². The minimum Gasteiger partial charge on any atom is -0.0645 e. The first kappa shape index (κ1) is 23.5. The topological polar surface area (TPSA) is 0 Å². The van der Waals surface area contributed by atoms with Crippen LogP contribution in [0.4, 0.5) is 0 Å². The fraction of sp³-hybridized carbons (Fsp3) is 0.250. The molecule has 172 valence electrons. The van der Waals surface area contributed by atoms with E-state index in [0.717, 1.165) is 0 Å². The Bertz CT molecular complexity index is 1070. The Kier molecular flexibility index (Phi) is 7.59. The maximum atomic E-state index is 2.48. The van der Waals surface area contributed by atoms with Crippen LogP contribution in [-0.4, -0.2) is 10.8 Å². The van der Waals surface area contributed by atoms with E-state index in [1.54, 1.807) is 0 Å². The summed E-state index contributed by atoms with van der Waals surface area (Å²) in [4.78, 5) is 0. The van der Waals surface area contributed by atoms with Gasteiger partial charge in [0.1, 0.15) is 0 Å². The fourth-order valence-corrected chi connectivity index (χ4v) is 13.2. The maximum Gasteiger partial charge on any atom is 0.00564 e. The highest BCUT2D eigenvalue weighted by Crippen LogP contribution is 2.64. The van der Waals surface area contributed by atoms with Gasteiger partial charge in [0, 0.05) is 5.16 Å². The molecule has 1 aliphatic carbocycles. The molecule has 0 saturated heterocycles. The summed E-state index contributed by atoms with van der Waals surface area (Å²) in [6, 6.07) is 45.7. The minimum atomic E-state index is -0.490. The van der Waals surface area contributed by atoms with Gasteiger partial charge in [0.05, 0.1) is 0 Å². The van der Waals surface area contributed by atoms with Gasteiger partial charge in [0.2, 0.25) is 0 Å². The van der Waals surface area contributed by atoms with Crippen LogP contribution in [0.25, 0.3) is 0 Å². The van der Waals surface area contributed by atoms with Crippen LogP contribution < -0.4 is 21.2 Å². The second kappa shape index (κ2) is 11.0. The zero-order chi connectivity index (χ0) is 23.2. The van der Waals surface area contributed by atoms with Crippen LogP contribution in [0.15, 0.2) is 121 Å². The molecule has 0 spiro atoms. The van der Waals surface area contributed by atoms with E-state index in [2.05, 4.69) is 128 Å². The third-order valence-corrected chi connectivity index (χ3v) is 14.1. The van der Waals surface area contributed by atoms with Gasteiger partial charge in [-0.25, -0.2) is 0 Å². The second-order valence-corrected chi connectivity index (χ2v) is 14.3. The molecule has 34 heavy (non-hydrogen) atoms. The van der Waals surface area contributed by atoms with E-state index in [4.69, 9.17) is 0 Å². The number of hydrogen-bond donors (Lipinski definition) is 0. The Hall–Kier alpha value is -2.26. The van der Waals surface area contributed by atoms with Gasteiger partial charge in [-0.1, -0.05) is 141 Å². The monoisotopic (exact) mass is 480 g/mol. The molecule has 1 fully saturated rings. The lowest BCUT2D eigenvalue weighted by Gasteiger charge is -2.52. The van der Waals surface area contributed by atoms with Gasteiger partial charge in [0.15, 0.2) is 0 Å². The molecule has 2 atom stereocenters. The normalized spacial score (nSPS) is 20.5. The van der Waals surface area contributed by atoms with Gasteiger partial charge >= 0.3 is 0 Å². The Morgan fingerprint density at radius 2 is 1.00 bits per heavy atom. The van der Waals surface area contributed by atoms with Crippen molar-refractivity contribution in [1.82, 2.24) is 0 Å². The molecule has 0 N–H and O–H groups in total. The summed E-state index contributed by atoms with van der Waals surface area (Å²) in [5, 5.41) is 6.42. The average Bonchev–Trinajstić information content (AvgIpc) is 2.92. The molecule has 0 heterocycles. The van der Waals surface area contributed by atoms with Gasteiger partial charge in [0.25, 0.3) is 0 Å². The van der Waals surface area contributed by atoms with Gasteiger partial charge in [-0.15, -0.1) is 0 Å². The van der Waals surface area contributed by atoms with E-state index in [1.165, 1.54) is 53.3 Å². The molecule has 4 aromatic carbocycles. The molecule has 0 nitrogen and oxygen atoms in total. The Balaban J connectivity index is 1.71. The number of benzene rings is 4. The van der Waals surface area contributed by atoms with E-state index in [-0.39, 0.29) is 5.16 Å². The third-order valence-electron chi connectivity index (χ3n) is 7.42. The summed E-state index contributed by atoms with van der Waals surface area (Å²) in [5.41, 5.74) is 0.664. The molecule has 0 aromatic heterocycles. The average molecular weight is 481 g/mol. The standard InChI is InChI=1S/C32H34P2/c1-2-32(34(29-21-11-5-12-22-29)30-23-13-6-14-24-30)26-16-15-25-31(32)33(27-17-7-3-8-18-27)28-19-9-4-10-20-28/h3-14,17-24,31H,2,15-16,25-26H2,1H3/t31-,32-/m0/s1. The van der Waals surface area contributed by atoms with Crippen molar-refractivity contribution in [2.45, 2.75) is 49.8 Å². The van der Waals surface area contributed by atoms with Crippen molar-refractivity contribution in [2.24, 2.45) is 0 Å². The molecule has 4 aromatic rings. The fourth-order valence-electron chi connectivity index (χ4n) is 5.91. The summed E-state index contributed by atoms with van der Waals surface area (Å²) >= 11 is 0. The highest BCUT2D eigenvalue weighted by molar-refractivity contribution is 7.78. The van der Waals surface area contributed by atoms with Gasteiger partial charge in [-0.2, -0.15) is 0 Å². The second-order valence-electron chi connectivity index (χ2n) is 9.27. The molecule has 5 rings (SSSR count). The van der Waals surface area contributed by atoms with Crippen molar-refractivity contribution in [3.63, 3.8) is 0 Å². The van der Waals surface area contributed by atoms with Gasteiger partial charge in [-0.05, 0) is 62.0 Å². The van der Waals surface area contributed by atoms with Crippen molar-refractivity contribution >= 4 is 37.1 Å². The molecule has 0 aliphatic heterocycles. The van der Waals surface area contributed by atoms with E-state index in [1.807, 2.05) is 0 Å². The lowest BCUT2D eigenvalue weighted by atomic mass is 9.85. The highest BCUT2D eigenvalue weighted by Gasteiger charge is 2.49. The quantitative estimate of drug-likeness (QED) is 0.243. The molecule has 0 unspecified atom stereocenters. The van der Waals surface area contributed by atoms with E-state index >= 15 is 0 Å². The van der Waals surface area contributed by atoms with E-state index in [0.29, 0.717) is 5.66 Å². The molecule has 0 amide bonds. The first-order valence-electron chi connectivity index (χ1n) is 12.6. The van der Waals surface area contributed by atoms with Crippen LogP contribution in [0.2, 0.25) is 0 Å². The first-order valence-corrected chi connectivity index (χ1v) is 15.4. The third kappa shape index (κ3) is 4.64. The lowest BCUT2D eigenvalue weighted by molar-refractivity contribution is 0.392. The summed E-state index contributed by atoms with van der Waals surface area (Å²) in [6.45, 7) is 2.48. The molecule has 1 saturated carbocycles. The van der Waals surface area contributed by atoms with Crippen molar-refractivity contribution in [1.29, 1.82) is 0 Å². The summed E-state index contributed by atoms with van der Waals surface area (Å²) in [6.07, 6.45) is 6.56. The predicted octanol–water partition coefficient (Wildman–Crippen LogP) is 7.34. The predicted molar refractivity (Wildman–Crippen MR) is 153 cm³/mol. The van der Waals surface area contributed by atoms with Crippen molar-refractivity contribution < 1.29 is 0 Å². The Morgan fingerprint density at radius 3 is 1.41 bits per heavy atom. The smallest absolute Gasteiger partial charge is 0.00564 e. The largest absolute Gasteiger partial charge is 0.0645 e. The summed E-state index contributed by atoms with van der Waals surface area (Å²) in [7, 11) is -0.949. The van der Waals surface area contributed by atoms with Gasteiger partial charge < -0.3 is 0 Å². The lowest BCUT2D eigenvalue weighted by Crippen LogP contribution is -2.48. The summed E-state index contributed by atoms with van der Waals surface area (Å²) in [5.74, 6) is 0. The van der Waals surface area contributed by atoms with E-state index in [9.17, 15) is 0 Å². The minimum absolute atomic E-state index is 0.285.